The van der Waals surface area contributed by atoms with Gasteiger partial charge < -0.3 is 29.7 Å². The number of nitrogens with zero attached hydrogens (tertiary/aromatic N) is 2. The second kappa shape index (κ2) is 13.0. The second-order valence-corrected chi connectivity index (χ2v) is 13.1. The van der Waals surface area contributed by atoms with Crippen molar-refractivity contribution in [3.05, 3.63) is 22.7 Å². The molecule has 4 aliphatic rings. The molecule has 0 saturated carbocycles. The van der Waals surface area contributed by atoms with E-state index >= 15 is 0 Å². The molecular formula is C30H44BrN3O7. The summed E-state index contributed by atoms with van der Waals surface area (Å²) in [5.41, 5.74) is -1.38. The lowest BCUT2D eigenvalue weighted by atomic mass is 9.74. The van der Waals surface area contributed by atoms with Crippen LogP contribution in [0.15, 0.2) is 22.7 Å². The molecule has 41 heavy (non-hydrogen) atoms. The molecule has 1 unspecified atom stereocenters. The molecule has 4 rings (SSSR count). The van der Waals surface area contributed by atoms with Crippen molar-refractivity contribution >= 4 is 39.6 Å². The Balaban J connectivity index is 1.85. The SMILES string of the molecule is CCCC(C)N1C/C=C\CCC(=O)NC[C@@H](C)OC(=O)[C@@H]2[C@H]3O[C@@]4(C=C3Br)[C@H](C1=O)N([C@@H](CO)CC(C)C)C(=O)[C@@H]24. The van der Waals surface area contributed by atoms with Crippen LogP contribution in [0.4, 0.5) is 0 Å². The van der Waals surface area contributed by atoms with Crippen molar-refractivity contribution in [2.24, 2.45) is 17.8 Å². The molecule has 2 N–H and O–H groups in total. The van der Waals surface area contributed by atoms with E-state index in [1.807, 2.05) is 32.9 Å². The van der Waals surface area contributed by atoms with Crippen LogP contribution in [0.25, 0.3) is 0 Å². The van der Waals surface area contributed by atoms with Crippen LogP contribution in [0.3, 0.4) is 0 Å². The first-order chi connectivity index (χ1) is 19.5. The van der Waals surface area contributed by atoms with Crippen LogP contribution in [0, 0.1) is 17.8 Å². The van der Waals surface area contributed by atoms with Gasteiger partial charge in [0.15, 0.2) is 0 Å². The Morgan fingerprint density at radius 1 is 1.17 bits per heavy atom. The topological polar surface area (TPSA) is 125 Å². The maximum absolute atomic E-state index is 14.7. The van der Waals surface area contributed by atoms with Gasteiger partial charge in [0, 0.05) is 23.5 Å². The Kier molecular flexibility index (Phi) is 10.0. The van der Waals surface area contributed by atoms with E-state index in [1.165, 1.54) is 4.90 Å². The number of amides is 3. The highest BCUT2D eigenvalue weighted by Gasteiger charge is 2.75. The Bertz CT molecular complexity index is 1090. The number of aliphatic hydroxyl groups excluding tert-OH is 1. The molecular weight excluding hydrogens is 594 g/mol. The number of ether oxygens (including phenoxy) is 2. The first-order valence-electron chi connectivity index (χ1n) is 14.9. The van der Waals surface area contributed by atoms with Gasteiger partial charge in [-0.3, -0.25) is 19.2 Å². The van der Waals surface area contributed by atoms with Crippen molar-refractivity contribution in [3.8, 4) is 0 Å². The van der Waals surface area contributed by atoms with Gasteiger partial charge >= 0.3 is 5.97 Å². The lowest BCUT2D eigenvalue weighted by molar-refractivity contribution is -0.159. The van der Waals surface area contributed by atoms with E-state index in [9.17, 15) is 24.3 Å². The fourth-order valence-electron chi connectivity index (χ4n) is 6.82. The van der Waals surface area contributed by atoms with E-state index in [0.717, 1.165) is 12.8 Å². The molecule has 4 heterocycles. The number of aliphatic hydroxyl groups is 1. The number of cyclic esters (lactones) is 1. The van der Waals surface area contributed by atoms with Gasteiger partial charge in [-0.15, -0.1) is 0 Å². The van der Waals surface area contributed by atoms with Crippen molar-refractivity contribution in [1.82, 2.24) is 15.1 Å². The zero-order valence-corrected chi connectivity index (χ0v) is 26.3. The first-order valence-corrected chi connectivity index (χ1v) is 15.7. The van der Waals surface area contributed by atoms with Gasteiger partial charge in [-0.05, 0) is 45.1 Å². The van der Waals surface area contributed by atoms with Crippen molar-refractivity contribution in [2.45, 2.75) is 103 Å². The average Bonchev–Trinajstić information content (AvgIpc) is 3.50. The van der Waals surface area contributed by atoms with Gasteiger partial charge in [-0.25, -0.2) is 0 Å². The third-order valence-corrected chi connectivity index (χ3v) is 9.33. The van der Waals surface area contributed by atoms with Gasteiger partial charge in [0.05, 0.1) is 25.1 Å². The van der Waals surface area contributed by atoms with E-state index in [1.54, 1.807) is 17.9 Å². The van der Waals surface area contributed by atoms with E-state index < -0.39 is 47.7 Å². The van der Waals surface area contributed by atoms with Crippen molar-refractivity contribution in [1.29, 1.82) is 0 Å². The average molecular weight is 639 g/mol. The summed E-state index contributed by atoms with van der Waals surface area (Å²) in [7, 11) is 0. The summed E-state index contributed by atoms with van der Waals surface area (Å²) in [6, 6.07) is -1.82. The third kappa shape index (κ3) is 5.99. The van der Waals surface area contributed by atoms with Crippen LogP contribution in [0.2, 0.25) is 0 Å². The number of hydrogen-bond donors (Lipinski definition) is 2. The molecule has 8 atom stereocenters. The highest BCUT2D eigenvalue weighted by Crippen LogP contribution is 2.59. The standard InChI is InChI=1S/C30H44BrN3O7/c1-6-10-18(4)33-12-9-7-8-11-22(36)32-15-19(5)40-29(39)23-24-27(37)34(20(16-35)13-17(2)3)26(28(33)38)30(24)14-21(31)25(23)41-30/h7,9,14,17-20,23-26,35H,6,8,10-13,15-16H2,1-5H3,(H,32,36)/b9-7-/t18?,19-,20-,23+,24-,25+,26+,30-/m1/s1. The highest BCUT2D eigenvalue weighted by atomic mass is 79.9. The van der Waals surface area contributed by atoms with Crippen LogP contribution >= 0.6 is 15.9 Å². The zero-order valence-electron chi connectivity index (χ0n) is 24.7. The summed E-state index contributed by atoms with van der Waals surface area (Å²) in [5.74, 6) is -3.24. The minimum atomic E-state index is -1.38. The van der Waals surface area contributed by atoms with Crippen molar-refractivity contribution in [3.63, 3.8) is 0 Å². The quantitative estimate of drug-likeness (QED) is 0.325. The Morgan fingerprint density at radius 3 is 2.56 bits per heavy atom. The predicted octanol–water partition coefficient (Wildman–Crippen LogP) is 2.68. The smallest absolute Gasteiger partial charge is 0.313 e. The van der Waals surface area contributed by atoms with Crippen LogP contribution in [-0.2, 0) is 28.7 Å². The maximum atomic E-state index is 14.7. The minimum Gasteiger partial charge on any atom is -0.460 e. The number of carbonyl (C=O) groups is 4. The molecule has 0 aromatic heterocycles. The van der Waals surface area contributed by atoms with E-state index in [-0.39, 0.29) is 49.3 Å². The number of halogens is 1. The number of esters is 1. The van der Waals surface area contributed by atoms with E-state index in [0.29, 0.717) is 23.9 Å². The first kappa shape index (κ1) is 31.7. The van der Waals surface area contributed by atoms with Crippen LogP contribution in [-0.4, -0.2) is 94.2 Å². The molecule has 0 radical (unpaired) electrons. The number of fused-ring (bicyclic) bond motifs is 2. The molecule has 2 fully saturated rings. The Hall–Kier alpha value is -2.24. The molecule has 2 saturated heterocycles. The largest absolute Gasteiger partial charge is 0.460 e. The Morgan fingerprint density at radius 2 is 1.90 bits per heavy atom. The number of likely N-dealkylation sites (tertiary alicyclic amines) is 1. The monoisotopic (exact) mass is 637 g/mol. The van der Waals surface area contributed by atoms with Crippen molar-refractivity contribution in [2.75, 3.05) is 19.7 Å². The predicted molar refractivity (Wildman–Crippen MR) is 156 cm³/mol. The lowest BCUT2D eigenvalue weighted by Gasteiger charge is -2.40. The van der Waals surface area contributed by atoms with Crippen molar-refractivity contribution < 1.29 is 33.8 Å². The summed E-state index contributed by atoms with van der Waals surface area (Å²) in [6.45, 7) is 9.85. The number of nitrogens with one attached hydrogen (secondary N) is 1. The molecule has 0 aromatic carbocycles. The van der Waals surface area contributed by atoms with Gasteiger partial charge in [0.1, 0.15) is 29.8 Å². The third-order valence-electron chi connectivity index (χ3n) is 8.65. The molecule has 1 spiro atoms. The number of rotatable bonds is 7. The molecule has 10 nitrogen and oxygen atoms in total. The molecule has 0 aliphatic carbocycles. The summed E-state index contributed by atoms with van der Waals surface area (Å²) in [6.07, 6.45) is 7.03. The van der Waals surface area contributed by atoms with Gasteiger partial charge in [0.25, 0.3) is 0 Å². The summed E-state index contributed by atoms with van der Waals surface area (Å²) >= 11 is 3.56. The molecule has 3 amide bonds. The van der Waals surface area contributed by atoms with Crippen LogP contribution in [0.5, 0.6) is 0 Å². The fourth-order valence-corrected chi connectivity index (χ4v) is 7.56. The van der Waals surface area contributed by atoms with Crippen LogP contribution < -0.4 is 5.32 Å². The van der Waals surface area contributed by atoms with Gasteiger partial charge in [0.2, 0.25) is 17.7 Å². The number of allylic oxidation sites excluding steroid dienone is 1. The molecule has 4 aliphatic heterocycles. The van der Waals surface area contributed by atoms with Gasteiger partial charge in [-0.2, -0.15) is 0 Å². The fraction of sp³-hybridized carbons (Fsp3) is 0.733. The van der Waals surface area contributed by atoms with Crippen LogP contribution in [0.1, 0.15) is 66.7 Å². The normalized spacial score (nSPS) is 34.8. The van der Waals surface area contributed by atoms with E-state index in [2.05, 4.69) is 28.2 Å². The number of carbonyl (C=O) groups excluding carboxylic acids is 4. The Labute approximate surface area is 251 Å². The molecule has 5 bridgehead atoms. The molecule has 0 aromatic rings. The maximum Gasteiger partial charge on any atom is 0.313 e. The second-order valence-electron chi connectivity index (χ2n) is 12.2. The van der Waals surface area contributed by atoms with Gasteiger partial charge in [-0.1, -0.05) is 55.3 Å². The summed E-state index contributed by atoms with van der Waals surface area (Å²) in [5, 5.41) is 13.3. The highest BCUT2D eigenvalue weighted by molar-refractivity contribution is 9.11. The summed E-state index contributed by atoms with van der Waals surface area (Å²) in [4.78, 5) is 58.3. The summed E-state index contributed by atoms with van der Waals surface area (Å²) < 4.78 is 12.9. The van der Waals surface area contributed by atoms with E-state index in [4.69, 9.17) is 9.47 Å². The minimum absolute atomic E-state index is 0.139. The molecule has 228 valence electrons. The molecule has 11 heteroatoms. The number of hydrogen-bond acceptors (Lipinski definition) is 7. The lowest BCUT2D eigenvalue weighted by Crippen LogP contribution is -2.60. The zero-order chi connectivity index (χ0) is 30.1.